The minimum atomic E-state index is -0.188. The van der Waals surface area contributed by atoms with E-state index in [4.69, 9.17) is 5.11 Å². The third-order valence-corrected chi connectivity index (χ3v) is 3.21. The molecule has 0 aromatic heterocycles. The summed E-state index contributed by atoms with van der Waals surface area (Å²) in [6, 6.07) is 4.90. The van der Waals surface area contributed by atoms with Crippen LogP contribution in [0.15, 0.2) is 18.2 Å². The number of nitrogens with one attached hydrogen (secondary N) is 1. The number of benzene rings is 1. The van der Waals surface area contributed by atoms with Crippen LogP contribution in [0.5, 0.6) is 5.75 Å². The highest BCUT2D eigenvalue weighted by atomic mass is 16.3. The number of aliphatic hydroxyl groups is 1. The van der Waals surface area contributed by atoms with Crippen molar-refractivity contribution in [1.82, 2.24) is 5.32 Å². The molecule has 0 fully saturated rings. The number of carbonyl (C=O) groups is 1. The molecule has 0 saturated heterocycles. The molecule has 0 atom stereocenters. The normalized spacial score (nSPS) is 11.4. The zero-order chi connectivity index (χ0) is 14.5. The van der Waals surface area contributed by atoms with Crippen molar-refractivity contribution < 1.29 is 15.0 Å². The van der Waals surface area contributed by atoms with Crippen molar-refractivity contribution in [2.24, 2.45) is 5.41 Å². The lowest BCUT2D eigenvalue weighted by atomic mass is 9.88. The minimum Gasteiger partial charge on any atom is -0.508 e. The summed E-state index contributed by atoms with van der Waals surface area (Å²) < 4.78 is 0. The third kappa shape index (κ3) is 4.91. The monoisotopic (exact) mass is 265 g/mol. The summed E-state index contributed by atoms with van der Waals surface area (Å²) in [6.07, 6.45) is 1.58. The predicted molar refractivity (Wildman–Crippen MR) is 75.3 cm³/mol. The lowest BCUT2D eigenvalue weighted by Gasteiger charge is -2.24. The van der Waals surface area contributed by atoms with Crippen LogP contribution in [0.1, 0.15) is 42.6 Å². The highest BCUT2D eigenvalue weighted by Gasteiger charge is 2.18. The van der Waals surface area contributed by atoms with E-state index in [1.807, 2.05) is 0 Å². The van der Waals surface area contributed by atoms with E-state index in [1.165, 1.54) is 6.07 Å². The van der Waals surface area contributed by atoms with E-state index in [9.17, 15) is 9.90 Å². The van der Waals surface area contributed by atoms with Gasteiger partial charge in [0.2, 0.25) is 0 Å². The summed E-state index contributed by atoms with van der Waals surface area (Å²) >= 11 is 0. The first-order chi connectivity index (χ1) is 8.85. The van der Waals surface area contributed by atoms with Crippen LogP contribution in [-0.4, -0.2) is 29.3 Å². The zero-order valence-corrected chi connectivity index (χ0v) is 11.9. The van der Waals surface area contributed by atoms with Crippen molar-refractivity contribution >= 4 is 5.91 Å². The number of carbonyl (C=O) groups excluding carboxylic acids is 1. The Balaban J connectivity index is 2.57. The molecular formula is C15H23NO3. The van der Waals surface area contributed by atoms with E-state index in [0.717, 1.165) is 18.4 Å². The average molecular weight is 265 g/mol. The molecule has 0 radical (unpaired) electrons. The Morgan fingerprint density at radius 1 is 1.37 bits per heavy atom. The first-order valence-electron chi connectivity index (χ1n) is 6.54. The lowest BCUT2D eigenvalue weighted by Crippen LogP contribution is -2.34. The molecule has 0 aliphatic heterocycles. The van der Waals surface area contributed by atoms with Gasteiger partial charge in [-0.05, 0) is 42.9 Å². The van der Waals surface area contributed by atoms with Crippen LogP contribution in [0.4, 0.5) is 0 Å². The number of rotatable bonds is 6. The van der Waals surface area contributed by atoms with Gasteiger partial charge in [0, 0.05) is 18.7 Å². The van der Waals surface area contributed by atoms with Crippen LogP contribution in [-0.2, 0) is 0 Å². The molecule has 4 nitrogen and oxygen atoms in total. The van der Waals surface area contributed by atoms with Gasteiger partial charge in [0.15, 0.2) is 0 Å². The second kappa shape index (κ2) is 6.57. The summed E-state index contributed by atoms with van der Waals surface area (Å²) in [4.78, 5) is 12.0. The lowest BCUT2D eigenvalue weighted by molar-refractivity contribution is 0.0932. The summed E-state index contributed by atoms with van der Waals surface area (Å²) in [5.74, 6) is -0.0560. The van der Waals surface area contributed by atoms with Crippen LogP contribution in [0.3, 0.4) is 0 Å². The number of phenols is 1. The molecule has 1 amide bonds. The Morgan fingerprint density at radius 2 is 2.05 bits per heavy atom. The smallest absolute Gasteiger partial charge is 0.251 e. The van der Waals surface area contributed by atoms with Crippen molar-refractivity contribution in [3.05, 3.63) is 29.3 Å². The number of phenolic OH excluding ortho intramolecular Hbond substituents is 1. The fourth-order valence-electron chi connectivity index (χ4n) is 1.82. The Bertz CT molecular complexity index is 441. The maximum Gasteiger partial charge on any atom is 0.251 e. The fraction of sp³-hybridized carbons (Fsp3) is 0.533. The van der Waals surface area contributed by atoms with Gasteiger partial charge in [0.1, 0.15) is 5.75 Å². The average Bonchev–Trinajstić information content (AvgIpc) is 2.37. The van der Waals surface area contributed by atoms with Gasteiger partial charge in [0.25, 0.3) is 5.91 Å². The van der Waals surface area contributed by atoms with Crippen LogP contribution < -0.4 is 5.32 Å². The molecule has 3 N–H and O–H groups in total. The molecule has 0 aliphatic rings. The molecule has 0 unspecified atom stereocenters. The molecule has 0 spiro atoms. The van der Waals surface area contributed by atoms with E-state index in [-0.39, 0.29) is 23.7 Å². The van der Waals surface area contributed by atoms with Gasteiger partial charge in [-0.3, -0.25) is 4.79 Å². The van der Waals surface area contributed by atoms with Crippen LogP contribution >= 0.6 is 0 Å². The van der Waals surface area contributed by atoms with Gasteiger partial charge in [-0.2, -0.15) is 0 Å². The Hall–Kier alpha value is -1.55. The van der Waals surface area contributed by atoms with E-state index in [2.05, 4.69) is 19.2 Å². The van der Waals surface area contributed by atoms with Crippen molar-refractivity contribution in [3.63, 3.8) is 0 Å². The number of hydrogen-bond donors (Lipinski definition) is 3. The Morgan fingerprint density at radius 3 is 2.63 bits per heavy atom. The maximum absolute atomic E-state index is 12.0. The van der Waals surface area contributed by atoms with Crippen molar-refractivity contribution in [3.8, 4) is 5.75 Å². The van der Waals surface area contributed by atoms with E-state index in [0.29, 0.717) is 12.1 Å². The number of aryl methyl sites for hydroxylation is 1. The molecule has 106 valence electrons. The number of aliphatic hydroxyl groups excluding tert-OH is 1. The summed E-state index contributed by atoms with van der Waals surface area (Å²) in [5, 5.41) is 21.3. The van der Waals surface area contributed by atoms with Gasteiger partial charge in [-0.1, -0.05) is 19.9 Å². The molecule has 1 aromatic carbocycles. The first kappa shape index (κ1) is 15.5. The highest BCUT2D eigenvalue weighted by Crippen LogP contribution is 2.21. The molecular weight excluding hydrogens is 242 g/mol. The minimum absolute atomic E-state index is 0.0505. The second-order valence-corrected chi connectivity index (χ2v) is 5.68. The largest absolute Gasteiger partial charge is 0.508 e. The standard InChI is InChI=1S/C15H23NO3/c1-11-5-6-12(9-13(11)18)14(19)16-10-15(2,3)7-4-8-17/h5-6,9,17-18H,4,7-8,10H2,1-3H3,(H,16,19). The molecule has 4 heteroatoms. The Labute approximate surface area is 114 Å². The van der Waals surface area contributed by atoms with E-state index < -0.39 is 0 Å². The molecule has 0 saturated carbocycles. The molecule has 19 heavy (non-hydrogen) atoms. The number of aromatic hydroxyl groups is 1. The SMILES string of the molecule is Cc1ccc(C(=O)NCC(C)(C)CCCO)cc1O. The van der Waals surface area contributed by atoms with Gasteiger partial charge < -0.3 is 15.5 Å². The predicted octanol–water partition coefficient (Wildman–Crippen LogP) is 2.23. The van der Waals surface area contributed by atoms with Gasteiger partial charge in [0.05, 0.1) is 0 Å². The Kier molecular flexibility index (Phi) is 5.36. The number of amides is 1. The molecule has 0 bridgehead atoms. The molecule has 1 aromatic rings. The summed E-state index contributed by atoms with van der Waals surface area (Å²) in [7, 11) is 0. The van der Waals surface area contributed by atoms with Crippen molar-refractivity contribution in [2.75, 3.05) is 13.2 Å². The fourth-order valence-corrected chi connectivity index (χ4v) is 1.82. The third-order valence-electron chi connectivity index (χ3n) is 3.21. The topological polar surface area (TPSA) is 69.6 Å². The van der Waals surface area contributed by atoms with Gasteiger partial charge in [-0.25, -0.2) is 0 Å². The quantitative estimate of drug-likeness (QED) is 0.738. The second-order valence-electron chi connectivity index (χ2n) is 5.68. The van der Waals surface area contributed by atoms with E-state index in [1.54, 1.807) is 19.1 Å². The molecule has 1 rings (SSSR count). The number of hydrogen-bond acceptors (Lipinski definition) is 3. The van der Waals surface area contributed by atoms with Gasteiger partial charge in [-0.15, -0.1) is 0 Å². The van der Waals surface area contributed by atoms with Crippen LogP contribution in [0, 0.1) is 12.3 Å². The van der Waals surface area contributed by atoms with Gasteiger partial charge >= 0.3 is 0 Å². The van der Waals surface area contributed by atoms with Crippen LogP contribution in [0.25, 0.3) is 0 Å². The zero-order valence-electron chi connectivity index (χ0n) is 11.9. The van der Waals surface area contributed by atoms with Crippen molar-refractivity contribution in [2.45, 2.75) is 33.6 Å². The van der Waals surface area contributed by atoms with Crippen molar-refractivity contribution in [1.29, 1.82) is 0 Å². The maximum atomic E-state index is 12.0. The first-order valence-corrected chi connectivity index (χ1v) is 6.54. The van der Waals surface area contributed by atoms with E-state index >= 15 is 0 Å². The molecule has 0 aliphatic carbocycles. The summed E-state index contributed by atoms with van der Waals surface area (Å²) in [6.45, 7) is 6.60. The van der Waals surface area contributed by atoms with Crippen LogP contribution in [0.2, 0.25) is 0 Å². The highest BCUT2D eigenvalue weighted by molar-refractivity contribution is 5.94. The summed E-state index contributed by atoms with van der Waals surface area (Å²) in [5.41, 5.74) is 1.16. The molecule has 0 heterocycles.